The number of aliphatic imine (C=N–C) groups is 1. The smallest absolute Gasteiger partial charge is 0.137 e. The summed E-state index contributed by atoms with van der Waals surface area (Å²) in [6.07, 6.45) is 15.3. The average molecular weight is 357 g/mol. The van der Waals surface area contributed by atoms with E-state index in [-0.39, 0.29) is 5.83 Å². The minimum absolute atomic E-state index is 0.211. The third-order valence-electron chi connectivity index (χ3n) is 4.81. The average Bonchev–Trinajstić information content (AvgIpc) is 3.36. The predicted molar refractivity (Wildman–Crippen MR) is 103 cm³/mol. The van der Waals surface area contributed by atoms with Gasteiger partial charge < -0.3 is 4.98 Å². The van der Waals surface area contributed by atoms with Crippen LogP contribution in [0.1, 0.15) is 18.4 Å². The van der Waals surface area contributed by atoms with Crippen LogP contribution in [-0.2, 0) is 0 Å². The lowest BCUT2D eigenvalue weighted by atomic mass is 10.0. The number of pyridine rings is 1. The van der Waals surface area contributed by atoms with Crippen molar-refractivity contribution >= 4 is 23.2 Å². The van der Waals surface area contributed by atoms with E-state index in [2.05, 4.69) is 15.0 Å². The summed E-state index contributed by atoms with van der Waals surface area (Å²) in [6.45, 7) is 0. The highest BCUT2D eigenvalue weighted by atomic mass is 19.1. The Morgan fingerprint density at radius 2 is 2.11 bits per heavy atom. The Kier molecular flexibility index (Phi) is 3.67. The summed E-state index contributed by atoms with van der Waals surface area (Å²) in [5, 5.41) is 1.85. The van der Waals surface area contributed by atoms with E-state index in [1.165, 1.54) is 6.08 Å². The van der Waals surface area contributed by atoms with Gasteiger partial charge in [-0.3, -0.25) is 9.55 Å². The molecule has 5 rings (SSSR count). The SMILES string of the molecule is FC1=CCC(=c2ncn(-c3cccnc3)c2=C2CC=Nc3[nH]ccc32)C=C1. The van der Waals surface area contributed by atoms with Gasteiger partial charge in [0.15, 0.2) is 0 Å². The molecule has 3 aromatic heterocycles. The number of allylic oxidation sites excluding steroid dienone is 4. The largest absolute Gasteiger partial charge is 0.346 e. The topological polar surface area (TPSA) is 58.9 Å². The second kappa shape index (κ2) is 6.32. The van der Waals surface area contributed by atoms with Crippen LogP contribution in [0.15, 0.2) is 72.2 Å². The number of nitrogens with one attached hydrogen (secondary N) is 1. The van der Waals surface area contributed by atoms with Gasteiger partial charge in [0.05, 0.1) is 22.6 Å². The molecular formula is C21H16FN5. The number of hydrogen-bond donors (Lipinski definition) is 1. The van der Waals surface area contributed by atoms with E-state index in [1.54, 1.807) is 12.3 Å². The molecule has 1 aliphatic carbocycles. The van der Waals surface area contributed by atoms with Gasteiger partial charge in [-0.25, -0.2) is 14.4 Å². The van der Waals surface area contributed by atoms with Crippen LogP contribution in [0.3, 0.4) is 0 Å². The molecule has 0 saturated carbocycles. The van der Waals surface area contributed by atoms with Crippen molar-refractivity contribution in [3.63, 3.8) is 0 Å². The van der Waals surface area contributed by atoms with Crippen LogP contribution in [-0.4, -0.2) is 25.7 Å². The van der Waals surface area contributed by atoms with Gasteiger partial charge in [-0.15, -0.1) is 0 Å². The van der Waals surface area contributed by atoms with Crippen molar-refractivity contribution in [1.29, 1.82) is 0 Å². The Hall–Kier alpha value is -3.54. The molecule has 0 atom stereocenters. The zero-order chi connectivity index (χ0) is 18.2. The molecule has 0 radical (unpaired) electrons. The molecular weight excluding hydrogens is 341 g/mol. The maximum absolute atomic E-state index is 13.5. The number of aromatic amines is 1. The molecule has 1 aliphatic heterocycles. The summed E-state index contributed by atoms with van der Waals surface area (Å²) >= 11 is 0. The van der Waals surface area contributed by atoms with Gasteiger partial charge in [-0.1, -0.05) is 6.08 Å². The van der Waals surface area contributed by atoms with Gasteiger partial charge in [0.1, 0.15) is 18.0 Å². The van der Waals surface area contributed by atoms with Crippen LogP contribution in [0.4, 0.5) is 10.2 Å². The normalized spacial score (nSPS) is 19.8. The number of halogens is 1. The minimum Gasteiger partial charge on any atom is -0.346 e. The Morgan fingerprint density at radius 3 is 2.93 bits per heavy atom. The summed E-state index contributed by atoms with van der Waals surface area (Å²) in [5.41, 5.74) is 4.11. The van der Waals surface area contributed by atoms with E-state index >= 15 is 0 Å². The second-order valence-corrected chi connectivity index (χ2v) is 6.41. The van der Waals surface area contributed by atoms with E-state index in [0.717, 1.165) is 38.9 Å². The lowest BCUT2D eigenvalue weighted by Gasteiger charge is -2.12. The molecule has 132 valence electrons. The molecule has 2 aliphatic rings. The molecule has 0 spiro atoms. The molecule has 0 saturated heterocycles. The number of H-pyrrole nitrogens is 1. The van der Waals surface area contributed by atoms with Crippen molar-refractivity contribution < 1.29 is 4.39 Å². The number of aromatic nitrogens is 4. The van der Waals surface area contributed by atoms with Crippen molar-refractivity contribution in [3.05, 3.63) is 83.4 Å². The van der Waals surface area contributed by atoms with E-state index in [1.807, 2.05) is 53.8 Å². The van der Waals surface area contributed by atoms with Gasteiger partial charge in [-0.05, 0) is 47.9 Å². The van der Waals surface area contributed by atoms with Crippen molar-refractivity contribution in [2.45, 2.75) is 12.8 Å². The van der Waals surface area contributed by atoms with Gasteiger partial charge >= 0.3 is 0 Å². The molecule has 1 N–H and O–H groups in total. The Balaban J connectivity index is 1.88. The molecule has 0 amide bonds. The summed E-state index contributed by atoms with van der Waals surface area (Å²) in [5.74, 6) is 0.633. The zero-order valence-electron chi connectivity index (χ0n) is 14.4. The maximum Gasteiger partial charge on any atom is 0.137 e. The Labute approximate surface area is 154 Å². The monoisotopic (exact) mass is 357 g/mol. The van der Waals surface area contributed by atoms with E-state index < -0.39 is 0 Å². The minimum atomic E-state index is -0.211. The van der Waals surface area contributed by atoms with Crippen LogP contribution in [0.2, 0.25) is 0 Å². The van der Waals surface area contributed by atoms with Crippen LogP contribution in [0.5, 0.6) is 0 Å². The van der Waals surface area contributed by atoms with Crippen molar-refractivity contribution in [3.8, 4) is 5.69 Å². The Bertz CT molecular complexity index is 1230. The van der Waals surface area contributed by atoms with Gasteiger partial charge in [0, 0.05) is 30.6 Å². The van der Waals surface area contributed by atoms with Crippen LogP contribution >= 0.6 is 0 Å². The molecule has 27 heavy (non-hydrogen) atoms. The van der Waals surface area contributed by atoms with Crippen molar-refractivity contribution in [1.82, 2.24) is 19.5 Å². The van der Waals surface area contributed by atoms with E-state index in [9.17, 15) is 4.39 Å². The first-order chi connectivity index (χ1) is 13.3. The fourth-order valence-electron chi connectivity index (χ4n) is 3.54. The standard InChI is InChI=1S/C21H16FN5/c22-15-5-3-14(4-6-15)19-20(17-7-10-24-21-18(17)8-11-25-21)27(13-26-19)16-2-1-9-23-12-16/h1-3,5-6,8-13,25H,4,7H2. The van der Waals surface area contributed by atoms with Crippen LogP contribution in [0.25, 0.3) is 16.8 Å². The first-order valence-electron chi connectivity index (χ1n) is 8.75. The number of hydrogen-bond acceptors (Lipinski definition) is 3. The maximum atomic E-state index is 13.5. The Morgan fingerprint density at radius 1 is 1.15 bits per heavy atom. The highest BCUT2D eigenvalue weighted by molar-refractivity contribution is 5.88. The van der Waals surface area contributed by atoms with Crippen LogP contribution in [0, 0.1) is 0 Å². The molecule has 3 aromatic rings. The predicted octanol–water partition coefficient (Wildman–Crippen LogP) is 2.86. The third kappa shape index (κ3) is 2.66. The van der Waals surface area contributed by atoms with E-state index in [0.29, 0.717) is 12.8 Å². The molecule has 6 heteroatoms. The van der Waals surface area contributed by atoms with E-state index in [4.69, 9.17) is 4.98 Å². The first kappa shape index (κ1) is 15.7. The molecule has 0 bridgehead atoms. The van der Waals surface area contributed by atoms with Crippen molar-refractivity contribution in [2.24, 2.45) is 4.99 Å². The quantitative estimate of drug-likeness (QED) is 0.728. The molecule has 0 fully saturated rings. The number of nitrogens with zero attached hydrogens (tertiary/aromatic N) is 4. The summed E-state index contributed by atoms with van der Waals surface area (Å²) in [7, 11) is 0. The summed E-state index contributed by atoms with van der Waals surface area (Å²) in [6, 6.07) is 5.93. The van der Waals surface area contributed by atoms with Gasteiger partial charge in [0.2, 0.25) is 0 Å². The molecule has 4 heterocycles. The molecule has 5 nitrogen and oxygen atoms in total. The zero-order valence-corrected chi connectivity index (χ0v) is 14.4. The highest BCUT2D eigenvalue weighted by Gasteiger charge is 2.17. The lowest BCUT2D eigenvalue weighted by Crippen LogP contribution is -2.34. The summed E-state index contributed by atoms with van der Waals surface area (Å²) < 4.78 is 15.5. The highest BCUT2D eigenvalue weighted by Crippen LogP contribution is 2.28. The lowest BCUT2D eigenvalue weighted by molar-refractivity contribution is 0.661. The van der Waals surface area contributed by atoms with Gasteiger partial charge in [-0.2, -0.15) is 0 Å². The number of rotatable bonds is 1. The van der Waals surface area contributed by atoms with Gasteiger partial charge in [0.25, 0.3) is 0 Å². The molecule has 0 aromatic carbocycles. The fraction of sp³-hybridized carbons (Fsp3) is 0.0952. The van der Waals surface area contributed by atoms with Crippen molar-refractivity contribution in [2.75, 3.05) is 0 Å². The number of imidazole rings is 1. The van der Waals surface area contributed by atoms with Crippen LogP contribution < -0.4 is 10.7 Å². The second-order valence-electron chi connectivity index (χ2n) is 6.41. The summed E-state index contributed by atoms with van der Waals surface area (Å²) in [4.78, 5) is 16.6. The fourth-order valence-corrected chi connectivity index (χ4v) is 3.54. The number of fused-ring (bicyclic) bond motifs is 1. The third-order valence-corrected chi connectivity index (χ3v) is 4.81. The molecule has 0 unspecified atom stereocenters. The first-order valence-corrected chi connectivity index (χ1v) is 8.75.